The third-order valence-electron chi connectivity index (χ3n) is 8.29. The Balaban J connectivity index is 0.000000233. The van der Waals surface area contributed by atoms with Crippen LogP contribution >= 0.6 is 23.2 Å². The van der Waals surface area contributed by atoms with Crippen LogP contribution in [0, 0.1) is 0 Å². The number of rotatable bonds is 11. The zero-order chi connectivity index (χ0) is 51.6. The highest BCUT2D eigenvalue weighted by atomic mass is 35.5. The van der Waals surface area contributed by atoms with E-state index in [1.165, 1.54) is 37.1 Å². The molecule has 0 bridgehead atoms. The molecule has 0 aliphatic carbocycles. The number of hydrogen-bond acceptors (Lipinski definition) is 15. The molecule has 0 atom stereocenters. The number of amides is 2. The van der Waals surface area contributed by atoms with E-state index in [2.05, 4.69) is 19.9 Å². The Morgan fingerprint density at radius 3 is 2.03 bits per heavy atom. The molecule has 6 rings (SSSR count). The SMILES string of the molecule is CC(C)OC(=O)c1cc(-n2c(=O)cc(C(F)(F)F)n(C)c2=O)ccc1Cl.COc1cc(OC)nc(NC(=O)NS(=O)(=O)c2ncccc2C(F)(F)F)n1.O=C(O)COc1ccc(Cl)c2cccnc12. The number of benzene rings is 2. The van der Waals surface area contributed by atoms with E-state index in [-0.39, 0.29) is 28.0 Å². The molecule has 0 saturated carbocycles. The summed E-state index contributed by atoms with van der Waals surface area (Å²) in [6.07, 6.45) is -7.84. The van der Waals surface area contributed by atoms with Gasteiger partial charge in [0.25, 0.3) is 15.6 Å². The lowest BCUT2D eigenvalue weighted by Crippen LogP contribution is -2.40. The van der Waals surface area contributed by atoms with E-state index in [1.54, 1.807) is 44.3 Å². The van der Waals surface area contributed by atoms with Crippen LogP contribution in [0.4, 0.5) is 37.1 Å². The quantitative estimate of drug-likeness (QED) is 0.0918. The molecule has 2 aromatic carbocycles. The standard InChI is InChI=1S/C16H14ClF3N2O4.C13H12F3N5O5S.C11H8ClNO3/c1-8(2)26-14(24)10-6-9(4-5-11(10)17)22-13(23)7-12(16(18,19)20)21(3)15(22)25;1-25-8-6-9(26-2)19-11(18-8)20-12(22)21-27(23,24)10-7(13(14,15)16)4-3-5-17-10;12-8-3-4-9(16-6-10(14)15)11-7(8)2-1-5-13-11/h4-8H,1-3H3;3-6H,1-2H3,(H2,18,19,20,21,22);1-5H,6H2,(H,14,15). The molecular formula is C40H34Cl2F6N8O12S. The minimum Gasteiger partial charge on any atom is -0.481 e. The molecule has 29 heteroatoms. The number of carbonyl (C=O) groups is 3. The van der Waals surface area contributed by atoms with Gasteiger partial charge in [0.2, 0.25) is 17.7 Å². The number of ether oxygens (including phenoxy) is 4. The van der Waals surface area contributed by atoms with Crippen molar-refractivity contribution < 1.29 is 73.2 Å². The maximum atomic E-state index is 12.9. The molecule has 20 nitrogen and oxygen atoms in total. The third-order valence-corrected chi connectivity index (χ3v) is 10.2. The minimum absolute atomic E-state index is 0.0101. The number of sulfonamides is 1. The molecule has 0 unspecified atom stereocenters. The highest BCUT2D eigenvalue weighted by Crippen LogP contribution is 2.33. The summed E-state index contributed by atoms with van der Waals surface area (Å²) in [5.74, 6) is -1.82. The summed E-state index contributed by atoms with van der Waals surface area (Å²) in [7, 11) is -1.49. The summed E-state index contributed by atoms with van der Waals surface area (Å²) in [6, 6.07) is 12.0. The van der Waals surface area contributed by atoms with E-state index in [0.717, 1.165) is 30.8 Å². The van der Waals surface area contributed by atoms with Gasteiger partial charge in [0, 0.05) is 30.9 Å². The van der Waals surface area contributed by atoms with E-state index < -0.39 is 86.5 Å². The number of aliphatic carboxylic acids is 1. The molecule has 0 aliphatic heterocycles. The Bertz CT molecular complexity index is 3100. The fraction of sp³-hybridized carbons (Fsp3) is 0.225. The summed E-state index contributed by atoms with van der Waals surface area (Å²) in [4.78, 5) is 73.5. The Morgan fingerprint density at radius 1 is 0.841 bits per heavy atom. The van der Waals surface area contributed by atoms with Crippen LogP contribution in [0.3, 0.4) is 0 Å². The lowest BCUT2D eigenvalue weighted by molar-refractivity contribution is -0.144. The van der Waals surface area contributed by atoms with Gasteiger partial charge >= 0.3 is 36.0 Å². The number of urea groups is 1. The molecule has 4 aromatic heterocycles. The van der Waals surface area contributed by atoms with Gasteiger partial charge in [-0.1, -0.05) is 23.2 Å². The number of nitrogens with one attached hydrogen (secondary N) is 2. The van der Waals surface area contributed by atoms with Gasteiger partial charge in [0.15, 0.2) is 11.6 Å². The molecule has 368 valence electrons. The molecular weight excluding hydrogens is 1000 g/mol. The number of methoxy groups -OCH3 is 2. The lowest BCUT2D eigenvalue weighted by atomic mass is 10.2. The number of alkyl halides is 6. The van der Waals surface area contributed by atoms with Crippen molar-refractivity contribution in [3.8, 4) is 23.2 Å². The Kier molecular flexibility index (Phi) is 17.7. The van der Waals surface area contributed by atoms with E-state index in [9.17, 15) is 58.7 Å². The molecule has 3 N–H and O–H groups in total. The number of hydrogen-bond donors (Lipinski definition) is 3. The number of halogens is 8. The number of carboxylic acid groups (broad SMARTS) is 1. The van der Waals surface area contributed by atoms with Crippen LogP contribution in [0.15, 0.2) is 93.7 Å². The number of nitrogens with zero attached hydrogens (tertiary/aromatic N) is 6. The van der Waals surface area contributed by atoms with E-state index in [0.29, 0.717) is 37.6 Å². The zero-order valence-electron chi connectivity index (χ0n) is 35.8. The van der Waals surface area contributed by atoms with Crippen molar-refractivity contribution >= 4 is 68.0 Å². The second kappa shape index (κ2) is 22.5. The molecule has 6 aromatic rings. The molecule has 0 spiro atoms. The van der Waals surface area contributed by atoms with E-state index in [4.69, 9.17) is 47.3 Å². The normalized spacial score (nSPS) is 11.3. The minimum atomic E-state index is -4.99. The molecule has 0 aliphatic rings. The van der Waals surface area contributed by atoms with Crippen LogP contribution in [-0.2, 0) is 39.0 Å². The first-order chi connectivity index (χ1) is 32.2. The van der Waals surface area contributed by atoms with Crippen molar-refractivity contribution in [2.24, 2.45) is 7.05 Å². The van der Waals surface area contributed by atoms with Crippen molar-refractivity contribution in [3.05, 3.63) is 127 Å². The predicted octanol–water partition coefficient (Wildman–Crippen LogP) is 6.54. The van der Waals surface area contributed by atoms with Gasteiger partial charge in [-0.25, -0.2) is 33.5 Å². The number of carbonyl (C=O) groups excluding carboxylic acids is 2. The van der Waals surface area contributed by atoms with Crippen molar-refractivity contribution in [1.82, 2.24) is 33.8 Å². The molecule has 69 heavy (non-hydrogen) atoms. The van der Waals surface area contributed by atoms with Crippen LogP contribution in [0.2, 0.25) is 10.0 Å². The topological polar surface area (TPSA) is 262 Å². The van der Waals surface area contributed by atoms with Gasteiger partial charge in [-0.15, -0.1) is 0 Å². The lowest BCUT2D eigenvalue weighted by Gasteiger charge is -2.15. The second-order valence-electron chi connectivity index (χ2n) is 13.5. The number of fused-ring (bicyclic) bond motifs is 1. The van der Waals surface area contributed by atoms with Gasteiger partial charge in [-0.2, -0.15) is 44.7 Å². The zero-order valence-corrected chi connectivity index (χ0v) is 38.2. The number of carboxylic acids is 1. The van der Waals surface area contributed by atoms with Crippen LogP contribution in [0.25, 0.3) is 16.6 Å². The predicted molar refractivity (Wildman–Crippen MR) is 231 cm³/mol. The second-order valence-corrected chi connectivity index (χ2v) is 15.9. The van der Waals surface area contributed by atoms with E-state index >= 15 is 0 Å². The van der Waals surface area contributed by atoms with Gasteiger partial charge in [0.1, 0.15) is 17.0 Å². The van der Waals surface area contributed by atoms with Crippen molar-refractivity contribution in [1.29, 1.82) is 0 Å². The number of esters is 1. The van der Waals surface area contributed by atoms with Gasteiger partial charge in [-0.3, -0.25) is 19.7 Å². The van der Waals surface area contributed by atoms with Crippen molar-refractivity contribution in [2.75, 3.05) is 26.1 Å². The van der Waals surface area contributed by atoms with Gasteiger partial charge < -0.3 is 24.1 Å². The first kappa shape index (κ1) is 54.1. The number of aromatic nitrogens is 6. The summed E-state index contributed by atoms with van der Waals surface area (Å²) < 4.78 is 124. The van der Waals surface area contributed by atoms with Crippen LogP contribution in [0.1, 0.15) is 35.5 Å². The van der Waals surface area contributed by atoms with E-state index in [1.807, 2.05) is 5.32 Å². The molecule has 2 amide bonds. The highest BCUT2D eigenvalue weighted by Gasteiger charge is 2.39. The fourth-order valence-corrected chi connectivity index (χ4v) is 6.85. The summed E-state index contributed by atoms with van der Waals surface area (Å²) in [5, 5.41) is 10.4. The fourth-order valence-electron chi connectivity index (χ4n) is 5.38. The van der Waals surface area contributed by atoms with Crippen LogP contribution < -0.4 is 35.5 Å². The average Bonchev–Trinajstić information content (AvgIpc) is 3.27. The summed E-state index contributed by atoms with van der Waals surface area (Å²) in [5.41, 5.74) is -4.96. The third kappa shape index (κ3) is 14.2. The molecule has 0 fully saturated rings. The van der Waals surface area contributed by atoms with Crippen molar-refractivity contribution in [2.45, 2.75) is 37.3 Å². The maximum Gasteiger partial charge on any atom is 0.431 e. The van der Waals surface area contributed by atoms with Crippen molar-refractivity contribution in [3.63, 3.8) is 0 Å². The largest absolute Gasteiger partial charge is 0.481 e. The number of anilines is 1. The van der Waals surface area contributed by atoms with Gasteiger partial charge in [0.05, 0.1) is 53.2 Å². The number of pyridine rings is 2. The summed E-state index contributed by atoms with van der Waals surface area (Å²) >= 11 is 11.9. The molecule has 0 radical (unpaired) electrons. The highest BCUT2D eigenvalue weighted by molar-refractivity contribution is 7.90. The summed E-state index contributed by atoms with van der Waals surface area (Å²) in [6.45, 7) is 2.84. The Morgan fingerprint density at radius 2 is 1.45 bits per heavy atom. The molecule has 0 saturated heterocycles. The Hall–Kier alpha value is -7.52. The Labute approximate surface area is 394 Å². The average molecular weight is 1040 g/mol. The van der Waals surface area contributed by atoms with Crippen LogP contribution in [-0.4, -0.2) is 87.5 Å². The molecule has 4 heterocycles. The maximum absolute atomic E-state index is 12.9. The first-order valence-corrected chi connectivity index (χ1v) is 21.0. The first-order valence-electron chi connectivity index (χ1n) is 18.8. The monoisotopic (exact) mass is 1030 g/mol. The van der Waals surface area contributed by atoms with Gasteiger partial charge in [-0.05, 0) is 68.4 Å². The van der Waals surface area contributed by atoms with Crippen LogP contribution in [0.5, 0.6) is 17.5 Å². The smallest absolute Gasteiger partial charge is 0.431 e.